The molecular weight excluding hydrogens is 530 g/mol. The molecule has 2 aliphatic heterocycles. The average Bonchev–Trinajstić information content (AvgIpc) is 3.83. The third kappa shape index (κ3) is 4.35. The van der Waals surface area contributed by atoms with E-state index >= 15 is 0 Å². The van der Waals surface area contributed by atoms with Crippen LogP contribution in [0.2, 0.25) is 5.02 Å². The number of aliphatic hydroxyl groups excluding tert-OH is 1. The van der Waals surface area contributed by atoms with E-state index in [2.05, 4.69) is 20.6 Å². The summed E-state index contributed by atoms with van der Waals surface area (Å²) in [4.78, 5) is 24.1. The van der Waals surface area contributed by atoms with E-state index in [9.17, 15) is 18.7 Å². The highest BCUT2D eigenvalue weighted by molar-refractivity contribution is 6.33. The molecular formula is C27H29ClF2N6O3. The molecule has 3 N–H and O–H groups in total. The first kappa shape index (κ1) is 24.8. The SMILES string of the molecule is Cn1c(=O)c2c(c3cc(Nc4nc(N5C[C@H](O)CC6(CC6)C5)ncc4Cl)ccc31)N[C@@H](C1CC1)C(F)(F)CO2. The number of aromatic nitrogens is 3. The third-order valence-corrected chi connectivity index (χ3v) is 8.75. The van der Waals surface area contributed by atoms with E-state index in [1.165, 1.54) is 10.8 Å². The van der Waals surface area contributed by atoms with Gasteiger partial charge in [0.2, 0.25) is 11.7 Å². The summed E-state index contributed by atoms with van der Waals surface area (Å²) in [6, 6.07) is 4.20. The number of aryl methyl sites for hydroxylation is 1. The molecule has 2 atom stereocenters. The molecule has 0 radical (unpaired) electrons. The standard InChI is InChI=1S/C27H29ClF2N6O3/c1-35-19-5-4-15(8-17(19)20-21(24(35)38)39-13-27(29,30)22(33-20)14-2-3-14)32-23-18(28)10-31-25(34-23)36-11-16(37)9-26(12-36)6-7-26/h4-5,8,10,14,16,22,33,37H,2-3,6-7,9,11-13H2,1H3,(H,31,32,34)/t16-,22+/m1/s1. The summed E-state index contributed by atoms with van der Waals surface area (Å²) in [5.74, 6) is -2.53. The maximum absolute atomic E-state index is 14.9. The number of piperidine rings is 1. The molecule has 1 spiro atoms. The normalized spacial score (nSPS) is 25.0. The minimum absolute atomic E-state index is 0.106. The first-order valence-corrected chi connectivity index (χ1v) is 13.7. The van der Waals surface area contributed by atoms with Gasteiger partial charge in [-0.05, 0) is 61.6 Å². The molecule has 3 fully saturated rings. The van der Waals surface area contributed by atoms with E-state index < -0.39 is 30.2 Å². The number of aliphatic hydroxyl groups is 1. The fourth-order valence-corrected chi connectivity index (χ4v) is 6.20. The number of alkyl halides is 2. The van der Waals surface area contributed by atoms with Crippen molar-refractivity contribution in [2.24, 2.45) is 18.4 Å². The van der Waals surface area contributed by atoms with Gasteiger partial charge in [0.15, 0.2) is 12.4 Å². The maximum Gasteiger partial charge on any atom is 0.301 e. The van der Waals surface area contributed by atoms with Crippen LogP contribution in [0, 0.1) is 11.3 Å². The van der Waals surface area contributed by atoms with Crippen molar-refractivity contribution in [3.63, 3.8) is 0 Å². The largest absolute Gasteiger partial charge is 0.480 e. The van der Waals surface area contributed by atoms with Crippen LogP contribution in [0.1, 0.15) is 32.1 Å². The van der Waals surface area contributed by atoms with Gasteiger partial charge in [-0.3, -0.25) is 4.79 Å². The molecule has 0 unspecified atom stereocenters. The molecule has 2 saturated carbocycles. The van der Waals surface area contributed by atoms with Gasteiger partial charge < -0.3 is 29.9 Å². The van der Waals surface area contributed by atoms with Gasteiger partial charge in [-0.25, -0.2) is 13.8 Å². The van der Waals surface area contributed by atoms with Crippen molar-refractivity contribution in [1.29, 1.82) is 0 Å². The zero-order valence-electron chi connectivity index (χ0n) is 21.4. The van der Waals surface area contributed by atoms with Gasteiger partial charge in [0, 0.05) is 31.2 Å². The molecule has 39 heavy (non-hydrogen) atoms. The molecule has 1 aromatic carbocycles. The summed E-state index contributed by atoms with van der Waals surface area (Å²) in [5, 5.41) is 17.5. The summed E-state index contributed by atoms with van der Waals surface area (Å²) in [6.07, 6.45) is 5.51. The molecule has 3 aromatic rings. The van der Waals surface area contributed by atoms with Gasteiger partial charge in [-0.1, -0.05) is 11.6 Å². The number of nitrogens with zero attached hydrogens (tertiary/aromatic N) is 4. The summed E-state index contributed by atoms with van der Waals surface area (Å²) in [5.41, 5.74) is 1.13. The van der Waals surface area contributed by atoms with Crippen molar-refractivity contribution in [3.8, 4) is 5.75 Å². The van der Waals surface area contributed by atoms with Crippen LogP contribution < -0.4 is 25.8 Å². The first-order chi connectivity index (χ1) is 18.6. The van der Waals surface area contributed by atoms with E-state index in [1.54, 1.807) is 25.2 Å². The summed E-state index contributed by atoms with van der Waals surface area (Å²) >= 11 is 6.46. The van der Waals surface area contributed by atoms with Crippen LogP contribution in [0.5, 0.6) is 5.75 Å². The Morgan fingerprint density at radius 3 is 2.82 bits per heavy atom. The van der Waals surface area contributed by atoms with Crippen LogP contribution in [0.4, 0.5) is 31.9 Å². The summed E-state index contributed by atoms with van der Waals surface area (Å²) in [7, 11) is 1.59. The number of anilines is 4. The molecule has 7 rings (SSSR count). The molecule has 206 valence electrons. The highest BCUT2D eigenvalue weighted by Gasteiger charge is 2.51. The quantitative estimate of drug-likeness (QED) is 0.435. The van der Waals surface area contributed by atoms with Gasteiger partial charge in [-0.2, -0.15) is 4.98 Å². The van der Waals surface area contributed by atoms with Gasteiger partial charge >= 0.3 is 5.92 Å². The Kier molecular flexibility index (Phi) is 5.51. The molecule has 2 aromatic heterocycles. The number of hydrogen-bond acceptors (Lipinski definition) is 8. The van der Waals surface area contributed by atoms with E-state index in [4.69, 9.17) is 16.3 Å². The highest BCUT2D eigenvalue weighted by atomic mass is 35.5. The molecule has 2 aliphatic carbocycles. The fraction of sp³-hybridized carbons (Fsp3) is 0.519. The van der Waals surface area contributed by atoms with E-state index in [-0.39, 0.29) is 22.8 Å². The molecule has 0 amide bonds. The maximum atomic E-state index is 14.9. The van der Waals surface area contributed by atoms with Crippen molar-refractivity contribution >= 4 is 45.6 Å². The summed E-state index contributed by atoms with van der Waals surface area (Å²) < 4.78 is 36.7. The molecule has 1 saturated heterocycles. The van der Waals surface area contributed by atoms with Crippen LogP contribution >= 0.6 is 11.6 Å². The fourth-order valence-electron chi connectivity index (χ4n) is 6.06. The Bertz CT molecular complexity index is 1540. The molecule has 12 heteroatoms. The van der Waals surface area contributed by atoms with Crippen LogP contribution in [0.15, 0.2) is 29.2 Å². The molecule has 4 heterocycles. The monoisotopic (exact) mass is 558 g/mol. The van der Waals surface area contributed by atoms with Gasteiger partial charge in [-0.15, -0.1) is 0 Å². The van der Waals surface area contributed by atoms with E-state index in [0.717, 1.165) is 25.8 Å². The minimum Gasteiger partial charge on any atom is -0.480 e. The van der Waals surface area contributed by atoms with Crippen molar-refractivity contribution < 1.29 is 18.6 Å². The summed E-state index contributed by atoms with van der Waals surface area (Å²) in [6.45, 7) is 0.399. The van der Waals surface area contributed by atoms with Crippen molar-refractivity contribution in [2.75, 3.05) is 35.2 Å². The Labute approximate surface area is 228 Å². The van der Waals surface area contributed by atoms with Gasteiger partial charge in [0.1, 0.15) is 5.02 Å². The Morgan fingerprint density at radius 1 is 1.28 bits per heavy atom. The number of halogens is 3. The van der Waals surface area contributed by atoms with Crippen molar-refractivity contribution in [2.45, 2.75) is 50.2 Å². The Morgan fingerprint density at radius 2 is 2.08 bits per heavy atom. The lowest BCUT2D eigenvalue weighted by Crippen LogP contribution is -2.45. The van der Waals surface area contributed by atoms with Crippen LogP contribution in [-0.4, -0.2) is 57.4 Å². The lowest BCUT2D eigenvalue weighted by molar-refractivity contribution is -0.0579. The van der Waals surface area contributed by atoms with Crippen LogP contribution in [0.25, 0.3) is 10.9 Å². The number of pyridine rings is 1. The number of hydrogen-bond donors (Lipinski definition) is 3. The Balaban J connectivity index is 1.25. The van der Waals surface area contributed by atoms with Crippen molar-refractivity contribution in [3.05, 3.63) is 39.8 Å². The number of β-amino-alcohol motifs (C(OH)–C–C–N with tert-alkyl or cyclic N) is 1. The minimum atomic E-state index is -3.11. The smallest absolute Gasteiger partial charge is 0.301 e. The predicted octanol–water partition coefficient (Wildman–Crippen LogP) is 4.29. The number of nitrogens with one attached hydrogen (secondary N) is 2. The zero-order chi connectivity index (χ0) is 27.1. The van der Waals surface area contributed by atoms with Crippen LogP contribution in [-0.2, 0) is 7.05 Å². The number of benzene rings is 1. The number of ether oxygens (including phenoxy) is 1. The van der Waals surface area contributed by atoms with E-state index in [0.29, 0.717) is 52.8 Å². The molecule has 0 bridgehead atoms. The van der Waals surface area contributed by atoms with Gasteiger partial charge in [0.25, 0.3) is 5.56 Å². The number of rotatable bonds is 4. The number of fused-ring (bicyclic) bond motifs is 3. The first-order valence-electron chi connectivity index (χ1n) is 13.3. The topological polar surface area (TPSA) is 105 Å². The molecule has 9 nitrogen and oxygen atoms in total. The zero-order valence-corrected chi connectivity index (χ0v) is 22.1. The highest BCUT2D eigenvalue weighted by Crippen LogP contribution is 2.52. The average molecular weight is 559 g/mol. The molecule has 4 aliphatic rings. The van der Waals surface area contributed by atoms with Crippen LogP contribution in [0.3, 0.4) is 0 Å². The van der Waals surface area contributed by atoms with E-state index in [1.807, 2.05) is 4.90 Å². The Hall–Kier alpha value is -3.18. The lowest BCUT2D eigenvalue weighted by atomic mass is 9.93. The van der Waals surface area contributed by atoms with Gasteiger partial charge in [0.05, 0.1) is 29.5 Å². The second kappa shape index (κ2) is 8.66. The lowest BCUT2D eigenvalue weighted by Gasteiger charge is -2.36. The van der Waals surface area contributed by atoms with Crippen molar-refractivity contribution in [1.82, 2.24) is 14.5 Å². The second-order valence-corrected chi connectivity index (χ2v) is 11.9. The second-order valence-electron chi connectivity index (χ2n) is 11.5. The predicted molar refractivity (Wildman–Crippen MR) is 145 cm³/mol. The third-order valence-electron chi connectivity index (χ3n) is 8.47.